The highest BCUT2D eigenvalue weighted by Crippen LogP contribution is 2.25. The zero-order valence-corrected chi connectivity index (χ0v) is 14.0. The molecule has 1 saturated heterocycles. The van der Waals surface area contributed by atoms with E-state index in [1.165, 1.54) is 5.56 Å². The molecular weight excluding hydrogens is 280 g/mol. The molecule has 1 fully saturated rings. The first-order valence-corrected chi connectivity index (χ1v) is 8.00. The summed E-state index contributed by atoms with van der Waals surface area (Å²) in [6.07, 6.45) is 0. The van der Waals surface area contributed by atoms with Gasteiger partial charge in [0.05, 0.1) is 20.8 Å². The molecule has 1 aliphatic rings. The van der Waals surface area contributed by atoms with Gasteiger partial charge in [-0.1, -0.05) is 0 Å². The summed E-state index contributed by atoms with van der Waals surface area (Å²) in [7, 11) is 3.42. The predicted molar refractivity (Wildman–Crippen MR) is 87.8 cm³/mol. The highest BCUT2D eigenvalue weighted by molar-refractivity contribution is 5.40. The third-order valence-electron chi connectivity index (χ3n) is 4.10. The highest BCUT2D eigenvalue weighted by atomic mass is 16.5. The van der Waals surface area contributed by atoms with Crippen LogP contribution in [-0.2, 0) is 11.3 Å². The lowest BCUT2D eigenvalue weighted by Crippen LogP contribution is -2.46. The molecule has 0 bridgehead atoms. The number of ether oxygens (including phenoxy) is 3. The molecule has 0 spiro atoms. The van der Waals surface area contributed by atoms with Crippen molar-refractivity contribution in [1.82, 2.24) is 9.80 Å². The normalized spacial score (nSPS) is 16.7. The topological polar surface area (TPSA) is 34.2 Å². The summed E-state index contributed by atoms with van der Waals surface area (Å²) >= 11 is 0. The molecular formula is C17H28N2O3. The molecule has 1 aliphatic heterocycles. The predicted octanol–water partition coefficient (Wildman–Crippen LogP) is 1.86. The average Bonchev–Trinajstić information content (AvgIpc) is 2.56. The third-order valence-corrected chi connectivity index (χ3v) is 4.10. The van der Waals surface area contributed by atoms with Crippen LogP contribution in [0.15, 0.2) is 18.2 Å². The van der Waals surface area contributed by atoms with Crippen LogP contribution >= 0.6 is 0 Å². The van der Waals surface area contributed by atoms with E-state index in [0.29, 0.717) is 0 Å². The van der Waals surface area contributed by atoms with E-state index in [4.69, 9.17) is 14.2 Å². The monoisotopic (exact) mass is 308 g/mol. The van der Waals surface area contributed by atoms with Crippen molar-refractivity contribution < 1.29 is 14.2 Å². The molecule has 0 aromatic heterocycles. The number of piperazine rings is 1. The molecule has 2 rings (SSSR count). The van der Waals surface area contributed by atoms with Gasteiger partial charge in [0.25, 0.3) is 0 Å². The van der Waals surface area contributed by atoms with Crippen LogP contribution in [0.5, 0.6) is 11.5 Å². The fraction of sp³-hybridized carbons (Fsp3) is 0.647. The van der Waals surface area contributed by atoms with Gasteiger partial charge in [0.15, 0.2) is 0 Å². The van der Waals surface area contributed by atoms with Crippen LogP contribution in [0.25, 0.3) is 0 Å². The lowest BCUT2D eigenvalue weighted by Gasteiger charge is -2.34. The minimum atomic E-state index is 0.801. The summed E-state index contributed by atoms with van der Waals surface area (Å²) in [4.78, 5) is 4.93. The first-order valence-electron chi connectivity index (χ1n) is 8.00. The van der Waals surface area contributed by atoms with Gasteiger partial charge < -0.3 is 14.2 Å². The van der Waals surface area contributed by atoms with E-state index < -0.39 is 0 Å². The molecule has 0 N–H and O–H groups in total. The summed E-state index contributed by atoms with van der Waals surface area (Å²) in [5.74, 6) is 1.81. The Morgan fingerprint density at radius 3 is 2.36 bits per heavy atom. The molecule has 1 aromatic carbocycles. The molecule has 5 heteroatoms. The van der Waals surface area contributed by atoms with Gasteiger partial charge >= 0.3 is 0 Å². The molecule has 1 heterocycles. The molecule has 0 radical (unpaired) electrons. The van der Waals surface area contributed by atoms with Crippen molar-refractivity contribution in [3.05, 3.63) is 23.8 Å². The van der Waals surface area contributed by atoms with Gasteiger partial charge in [-0.05, 0) is 25.1 Å². The lowest BCUT2D eigenvalue weighted by atomic mass is 10.1. The van der Waals surface area contributed by atoms with Crippen LogP contribution in [0, 0.1) is 0 Å². The van der Waals surface area contributed by atoms with Crippen LogP contribution in [0.4, 0.5) is 0 Å². The molecule has 0 amide bonds. The summed E-state index contributed by atoms with van der Waals surface area (Å²) < 4.78 is 16.2. The van der Waals surface area contributed by atoms with Gasteiger partial charge in [-0.3, -0.25) is 9.80 Å². The zero-order chi connectivity index (χ0) is 15.8. The van der Waals surface area contributed by atoms with Crippen LogP contribution in [0.3, 0.4) is 0 Å². The van der Waals surface area contributed by atoms with Crippen LogP contribution < -0.4 is 9.47 Å². The second kappa shape index (κ2) is 8.98. The van der Waals surface area contributed by atoms with E-state index in [1.54, 1.807) is 14.2 Å². The van der Waals surface area contributed by atoms with Crippen LogP contribution in [0.1, 0.15) is 12.5 Å². The van der Waals surface area contributed by atoms with Gasteiger partial charge in [-0.2, -0.15) is 0 Å². The second-order valence-corrected chi connectivity index (χ2v) is 5.49. The number of hydrogen-bond acceptors (Lipinski definition) is 5. The van der Waals surface area contributed by atoms with E-state index in [1.807, 2.05) is 19.1 Å². The van der Waals surface area contributed by atoms with Gasteiger partial charge in [-0.15, -0.1) is 0 Å². The molecule has 124 valence electrons. The van der Waals surface area contributed by atoms with E-state index in [0.717, 1.165) is 64.0 Å². The summed E-state index contributed by atoms with van der Waals surface area (Å²) in [5.41, 5.74) is 1.18. The lowest BCUT2D eigenvalue weighted by molar-refractivity contribution is 0.0783. The zero-order valence-electron chi connectivity index (χ0n) is 14.0. The Morgan fingerprint density at radius 1 is 1.00 bits per heavy atom. The number of methoxy groups -OCH3 is 2. The average molecular weight is 308 g/mol. The Hall–Kier alpha value is -1.30. The second-order valence-electron chi connectivity index (χ2n) is 5.49. The van der Waals surface area contributed by atoms with Crippen molar-refractivity contribution in [2.24, 2.45) is 0 Å². The van der Waals surface area contributed by atoms with Crippen molar-refractivity contribution in [2.45, 2.75) is 13.5 Å². The van der Waals surface area contributed by atoms with E-state index in [9.17, 15) is 0 Å². The maximum Gasteiger partial charge on any atom is 0.123 e. The Morgan fingerprint density at radius 2 is 1.73 bits per heavy atom. The Labute approximate surface area is 133 Å². The Kier molecular flexibility index (Phi) is 6.96. The minimum Gasteiger partial charge on any atom is -0.497 e. The summed E-state index contributed by atoms with van der Waals surface area (Å²) in [5, 5.41) is 0. The molecule has 0 aliphatic carbocycles. The first kappa shape index (κ1) is 17.1. The van der Waals surface area contributed by atoms with Gasteiger partial charge in [-0.25, -0.2) is 0 Å². The minimum absolute atomic E-state index is 0.801. The number of hydrogen-bond donors (Lipinski definition) is 0. The maximum absolute atomic E-state index is 5.46. The molecule has 0 saturated carbocycles. The van der Waals surface area contributed by atoms with Gasteiger partial charge in [0.1, 0.15) is 11.5 Å². The van der Waals surface area contributed by atoms with Crippen molar-refractivity contribution in [1.29, 1.82) is 0 Å². The van der Waals surface area contributed by atoms with E-state index >= 15 is 0 Å². The first-order chi connectivity index (χ1) is 10.8. The fourth-order valence-electron chi connectivity index (χ4n) is 2.76. The molecule has 5 nitrogen and oxygen atoms in total. The van der Waals surface area contributed by atoms with Crippen LogP contribution in [-0.4, -0.2) is 70.0 Å². The van der Waals surface area contributed by atoms with Gasteiger partial charge in [0, 0.05) is 51.4 Å². The molecule has 0 unspecified atom stereocenters. The highest BCUT2D eigenvalue weighted by Gasteiger charge is 2.18. The Bertz CT molecular complexity index is 446. The number of benzene rings is 1. The largest absolute Gasteiger partial charge is 0.497 e. The van der Waals surface area contributed by atoms with Crippen molar-refractivity contribution in [3.63, 3.8) is 0 Å². The van der Waals surface area contributed by atoms with Crippen molar-refractivity contribution in [2.75, 3.05) is 60.2 Å². The Balaban J connectivity index is 1.85. The van der Waals surface area contributed by atoms with Crippen molar-refractivity contribution in [3.8, 4) is 11.5 Å². The van der Waals surface area contributed by atoms with Crippen molar-refractivity contribution >= 4 is 0 Å². The number of nitrogens with zero attached hydrogens (tertiary/aromatic N) is 2. The fourth-order valence-corrected chi connectivity index (χ4v) is 2.76. The van der Waals surface area contributed by atoms with E-state index in [-0.39, 0.29) is 0 Å². The van der Waals surface area contributed by atoms with Gasteiger partial charge in [0.2, 0.25) is 0 Å². The van der Waals surface area contributed by atoms with E-state index in [2.05, 4.69) is 15.9 Å². The quantitative estimate of drug-likeness (QED) is 0.685. The molecule has 0 atom stereocenters. The maximum atomic E-state index is 5.46. The molecule has 1 aromatic rings. The summed E-state index contributed by atoms with van der Waals surface area (Å²) in [6.45, 7) is 9.96. The smallest absolute Gasteiger partial charge is 0.123 e. The van der Waals surface area contributed by atoms with Crippen LogP contribution in [0.2, 0.25) is 0 Å². The summed E-state index contributed by atoms with van der Waals surface area (Å²) in [6, 6.07) is 5.99. The molecule has 22 heavy (non-hydrogen) atoms. The number of rotatable bonds is 8. The standard InChI is InChI=1S/C17H28N2O3/c1-4-22-12-11-18-7-9-19(10-8-18)14-15-13-16(20-2)5-6-17(15)21-3/h5-6,13H,4,7-12,14H2,1-3H3. The SMILES string of the molecule is CCOCCN1CCN(Cc2cc(OC)ccc2OC)CC1. The third kappa shape index (κ3) is 4.87.